The Balaban J connectivity index is 2.28. The summed E-state index contributed by atoms with van der Waals surface area (Å²) in [6, 6.07) is 3.89. The summed E-state index contributed by atoms with van der Waals surface area (Å²) in [4.78, 5) is 8.70. The highest BCUT2D eigenvalue weighted by Crippen LogP contribution is 2.33. The summed E-state index contributed by atoms with van der Waals surface area (Å²) in [6.07, 6.45) is 3.58. The third kappa shape index (κ3) is 2.70. The molecule has 2 aromatic rings. The predicted octanol–water partition coefficient (Wildman–Crippen LogP) is 3.25. The van der Waals surface area contributed by atoms with Crippen molar-refractivity contribution in [2.75, 3.05) is 0 Å². The fourth-order valence-electron chi connectivity index (χ4n) is 1.45. The van der Waals surface area contributed by atoms with E-state index in [9.17, 15) is 0 Å². The van der Waals surface area contributed by atoms with E-state index in [1.165, 1.54) is 0 Å². The second-order valence-electron chi connectivity index (χ2n) is 5.16. The van der Waals surface area contributed by atoms with Crippen molar-refractivity contribution in [3.63, 3.8) is 0 Å². The molecule has 4 heteroatoms. The van der Waals surface area contributed by atoms with Crippen molar-refractivity contribution in [3.8, 4) is 11.3 Å². The number of rotatable bonds is 2. The first kappa shape index (κ1) is 12.2. The molecule has 3 nitrogen and oxygen atoms in total. The van der Waals surface area contributed by atoms with E-state index in [4.69, 9.17) is 5.73 Å². The Labute approximate surface area is 106 Å². The summed E-state index contributed by atoms with van der Waals surface area (Å²) < 4.78 is 0. The van der Waals surface area contributed by atoms with E-state index >= 15 is 0 Å². The molecule has 0 bridgehead atoms. The summed E-state index contributed by atoms with van der Waals surface area (Å²) >= 11 is 1.62. The number of hydrogen-bond acceptors (Lipinski definition) is 4. The van der Waals surface area contributed by atoms with Gasteiger partial charge in [0.2, 0.25) is 0 Å². The summed E-state index contributed by atoms with van der Waals surface area (Å²) in [7, 11) is 0. The first-order valence-electron chi connectivity index (χ1n) is 5.60. The van der Waals surface area contributed by atoms with Gasteiger partial charge in [0, 0.05) is 23.3 Å². The van der Waals surface area contributed by atoms with Crippen LogP contribution in [-0.2, 0) is 0 Å². The molecule has 1 unspecified atom stereocenters. The molecule has 2 aromatic heterocycles. The van der Waals surface area contributed by atoms with Crippen LogP contribution in [0.4, 0.5) is 0 Å². The van der Waals surface area contributed by atoms with Crippen LogP contribution in [0.5, 0.6) is 0 Å². The van der Waals surface area contributed by atoms with Crippen LogP contribution in [0.15, 0.2) is 29.9 Å². The summed E-state index contributed by atoms with van der Waals surface area (Å²) in [6.45, 7) is 6.38. The van der Waals surface area contributed by atoms with E-state index < -0.39 is 0 Å². The minimum Gasteiger partial charge on any atom is -0.322 e. The molecule has 0 amide bonds. The Kier molecular flexibility index (Phi) is 3.26. The number of pyridine rings is 1. The summed E-state index contributed by atoms with van der Waals surface area (Å²) in [5.74, 6) is 0. The zero-order valence-corrected chi connectivity index (χ0v) is 11.2. The third-order valence-corrected chi connectivity index (χ3v) is 3.61. The molecule has 0 aliphatic rings. The van der Waals surface area contributed by atoms with Gasteiger partial charge in [0.15, 0.2) is 0 Å². The molecule has 0 saturated heterocycles. The second kappa shape index (κ2) is 4.55. The molecular formula is C13H17N3S. The largest absolute Gasteiger partial charge is 0.322 e. The molecular weight excluding hydrogens is 230 g/mol. The number of thiazole rings is 1. The van der Waals surface area contributed by atoms with Crippen LogP contribution in [0.2, 0.25) is 0 Å². The number of aromatic nitrogens is 2. The van der Waals surface area contributed by atoms with Crippen molar-refractivity contribution in [2.24, 2.45) is 11.1 Å². The van der Waals surface area contributed by atoms with Crippen LogP contribution >= 0.6 is 11.3 Å². The van der Waals surface area contributed by atoms with Crippen molar-refractivity contribution < 1.29 is 0 Å². The molecule has 0 spiro atoms. The fourth-order valence-corrected chi connectivity index (χ4v) is 2.52. The Bertz CT molecular complexity index is 485. The van der Waals surface area contributed by atoms with Gasteiger partial charge in [-0.2, -0.15) is 0 Å². The molecule has 2 heterocycles. The molecule has 2 rings (SSSR count). The molecule has 0 aromatic carbocycles. The molecule has 1 atom stereocenters. The van der Waals surface area contributed by atoms with E-state index in [-0.39, 0.29) is 11.5 Å². The number of nitrogens with two attached hydrogens (primary N) is 1. The first-order valence-corrected chi connectivity index (χ1v) is 6.48. The minimum atomic E-state index is -0.0297. The highest BCUT2D eigenvalue weighted by Gasteiger charge is 2.25. The van der Waals surface area contributed by atoms with E-state index in [0.29, 0.717) is 0 Å². The van der Waals surface area contributed by atoms with Crippen LogP contribution in [-0.4, -0.2) is 9.97 Å². The van der Waals surface area contributed by atoms with Crippen LogP contribution < -0.4 is 5.73 Å². The van der Waals surface area contributed by atoms with Gasteiger partial charge < -0.3 is 5.73 Å². The Morgan fingerprint density at radius 1 is 1.35 bits per heavy atom. The van der Waals surface area contributed by atoms with Gasteiger partial charge in [-0.25, -0.2) is 4.98 Å². The van der Waals surface area contributed by atoms with Crippen molar-refractivity contribution >= 4 is 11.3 Å². The standard InChI is InChI=1S/C13H17N3S/c1-13(2,3)11(14)12-16-10(8-17-12)9-5-4-6-15-7-9/h4-8,11H,14H2,1-3H3. The molecule has 0 aliphatic heterocycles. The van der Waals surface area contributed by atoms with Crippen LogP contribution in [0, 0.1) is 5.41 Å². The number of nitrogens with zero attached hydrogens (tertiary/aromatic N) is 2. The van der Waals surface area contributed by atoms with E-state index in [1.54, 1.807) is 17.5 Å². The average molecular weight is 247 g/mol. The van der Waals surface area contributed by atoms with Crippen molar-refractivity contribution in [1.29, 1.82) is 0 Å². The van der Waals surface area contributed by atoms with Gasteiger partial charge in [-0.15, -0.1) is 11.3 Å². The topological polar surface area (TPSA) is 51.8 Å². The summed E-state index contributed by atoms with van der Waals surface area (Å²) in [5, 5.41) is 3.02. The van der Waals surface area contributed by atoms with Gasteiger partial charge in [-0.1, -0.05) is 20.8 Å². The maximum Gasteiger partial charge on any atom is 0.111 e. The zero-order valence-electron chi connectivity index (χ0n) is 10.3. The Hall–Kier alpha value is -1.26. The molecule has 2 N–H and O–H groups in total. The predicted molar refractivity (Wildman–Crippen MR) is 71.7 cm³/mol. The molecule has 0 saturated carbocycles. The summed E-state index contributed by atoms with van der Waals surface area (Å²) in [5.41, 5.74) is 8.22. The van der Waals surface area contributed by atoms with E-state index in [1.807, 2.05) is 23.7 Å². The molecule has 0 aliphatic carbocycles. The highest BCUT2D eigenvalue weighted by molar-refractivity contribution is 7.10. The van der Waals surface area contributed by atoms with Crippen LogP contribution in [0.25, 0.3) is 11.3 Å². The van der Waals surface area contributed by atoms with Crippen molar-refractivity contribution in [1.82, 2.24) is 9.97 Å². The van der Waals surface area contributed by atoms with Gasteiger partial charge in [0.25, 0.3) is 0 Å². The maximum atomic E-state index is 6.20. The van der Waals surface area contributed by atoms with E-state index in [0.717, 1.165) is 16.3 Å². The fraction of sp³-hybridized carbons (Fsp3) is 0.385. The molecule has 0 fully saturated rings. The maximum absolute atomic E-state index is 6.20. The SMILES string of the molecule is CC(C)(C)C(N)c1nc(-c2cccnc2)cs1. The smallest absolute Gasteiger partial charge is 0.111 e. The lowest BCUT2D eigenvalue weighted by Crippen LogP contribution is -2.26. The highest BCUT2D eigenvalue weighted by atomic mass is 32.1. The monoisotopic (exact) mass is 247 g/mol. The molecule has 90 valence electrons. The van der Waals surface area contributed by atoms with E-state index in [2.05, 4.69) is 30.7 Å². The van der Waals surface area contributed by atoms with Crippen molar-refractivity contribution in [2.45, 2.75) is 26.8 Å². The van der Waals surface area contributed by atoms with Crippen molar-refractivity contribution in [3.05, 3.63) is 34.9 Å². The minimum absolute atomic E-state index is 0.0297. The normalized spacial score (nSPS) is 13.6. The van der Waals surface area contributed by atoms with Gasteiger partial charge in [0.1, 0.15) is 5.01 Å². The Morgan fingerprint density at radius 3 is 2.71 bits per heavy atom. The zero-order chi connectivity index (χ0) is 12.5. The molecule has 17 heavy (non-hydrogen) atoms. The van der Waals surface area contributed by atoms with Gasteiger partial charge in [0.05, 0.1) is 11.7 Å². The molecule has 0 radical (unpaired) electrons. The lowest BCUT2D eigenvalue weighted by molar-refractivity contribution is 0.326. The van der Waals surface area contributed by atoms with Crippen LogP contribution in [0.3, 0.4) is 0 Å². The number of hydrogen-bond donors (Lipinski definition) is 1. The lowest BCUT2D eigenvalue weighted by atomic mass is 9.88. The van der Waals surface area contributed by atoms with Gasteiger partial charge in [-0.05, 0) is 17.5 Å². The van der Waals surface area contributed by atoms with Gasteiger partial charge >= 0.3 is 0 Å². The third-order valence-electron chi connectivity index (χ3n) is 2.68. The Morgan fingerprint density at radius 2 is 2.12 bits per heavy atom. The quantitative estimate of drug-likeness (QED) is 0.886. The lowest BCUT2D eigenvalue weighted by Gasteiger charge is -2.24. The first-order chi connectivity index (χ1) is 7.98. The second-order valence-corrected chi connectivity index (χ2v) is 6.05. The van der Waals surface area contributed by atoms with Gasteiger partial charge in [-0.3, -0.25) is 4.98 Å². The van der Waals surface area contributed by atoms with Crippen LogP contribution in [0.1, 0.15) is 31.8 Å². The average Bonchev–Trinajstić information content (AvgIpc) is 2.77.